The first-order chi connectivity index (χ1) is 16.6. The first kappa shape index (κ1) is 23.1. The van der Waals surface area contributed by atoms with E-state index in [-0.39, 0.29) is 11.8 Å². The zero-order valence-electron chi connectivity index (χ0n) is 19.2. The molecule has 8 nitrogen and oxygen atoms in total. The number of carbonyl (C=O) groups excluding carboxylic acids is 1. The van der Waals surface area contributed by atoms with Gasteiger partial charge in [-0.2, -0.15) is 0 Å². The third-order valence-electron chi connectivity index (χ3n) is 5.50. The first-order valence-corrected chi connectivity index (χ1v) is 11.2. The molecular weight excluding hydrogens is 428 g/mol. The lowest BCUT2D eigenvalue weighted by molar-refractivity contribution is 0.0766. The van der Waals surface area contributed by atoms with Gasteiger partial charge in [0, 0.05) is 42.0 Å². The molecule has 0 spiro atoms. The highest BCUT2D eigenvalue weighted by Crippen LogP contribution is 2.24. The fourth-order valence-corrected chi connectivity index (χ4v) is 3.68. The molecule has 0 unspecified atom stereocenters. The summed E-state index contributed by atoms with van der Waals surface area (Å²) in [7, 11) is 0. The van der Waals surface area contributed by atoms with E-state index >= 15 is 0 Å². The van der Waals surface area contributed by atoms with Crippen LogP contribution in [0, 0.1) is 0 Å². The average Bonchev–Trinajstić information content (AvgIpc) is 3.19. The molecule has 34 heavy (non-hydrogen) atoms. The monoisotopic (exact) mass is 456 g/mol. The van der Waals surface area contributed by atoms with Gasteiger partial charge in [0.25, 0.3) is 11.8 Å². The largest absolute Gasteiger partial charge is 0.415 e. The van der Waals surface area contributed by atoms with Gasteiger partial charge in [0.05, 0.1) is 5.71 Å². The van der Waals surface area contributed by atoms with Crippen LogP contribution in [-0.2, 0) is 0 Å². The molecule has 0 bridgehead atoms. The van der Waals surface area contributed by atoms with Crippen LogP contribution < -0.4 is 11.1 Å². The summed E-state index contributed by atoms with van der Waals surface area (Å²) in [4.78, 5) is 19.4. The number of rotatable bonds is 6. The van der Waals surface area contributed by atoms with Crippen LogP contribution in [0.1, 0.15) is 35.2 Å². The molecule has 0 atom stereocenters. The van der Waals surface area contributed by atoms with Crippen molar-refractivity contribution in [1.29, 1.82) is 0 Å². The van der Waals surface area contributed by atoms with E-state index in [2.05, 4.69) is 27.1 Å². The number of carbonyl (C=O) groups is 1. The standard InChI is InChI=1S/C26H28N6O2/c1-3-22(19-10-12-21(13-11-19)26(33)32-16-7-14-28-15-17-32)29-23(18(2)27)25-31-30-24(34-25)20-8-5-4-6-9-20/h3-6,8-13,28H,1,7,14-17,27H2,2H3/b23-18+,29-22+. The molecule has 1 aliphatic heterocycles. The van der Waals surface area contributed by atoms with Gasteiger partial charge in [0.2, 0.25) is 5.89 Å². The maximum atomic E-state index is 12.9. The molecule has 8 heteroatoms. The third-order valence-corrected chi connectivity index (χ3v) is 5.50. The highest BCUT2D eigenvalue weighted by molar-refractivity contribution is 6.11. The molecule has 0 saturated carbocycles. The fourth-order valence-electron chi connectivity index (χ4n) is 3.68. The number of aromatic nitrogens is 2. The molecular formula is C26H28N6O2. The second-order valence-corrected chi connectivity index (χ2v) is 7.98. The molecule has 1 aliphatic rings. The van der Waals surface area contributed by atoms with Gasteiger partial charge in [0.1, 0.15) is 5.70 Å². The number of hydrogen-bond acceptors (Lipinski definition) is 7. The number of amides is 1. The molecule has 3 aromatic rings. The van der Waals surface area contributed by atoms with Crippen molar-refractivity contribution in [2.45, 2.75) is 13.3 Å². The van der Waals surface area contributed by atoms with Crippen LogP contribution in [0.15, 0.2) is 82.4 Å². The first-order valence-electron chi connectivity index (χ1n) is 11.2. The van der Waals surface area contributed by atoms with Gasteiger partial charge in [-0.1, -0.05) is 36.9 Å². The summed E-state index contributed by atoms with van der Waals surface area (Å²) in [5.41, 5.74) is 9.75. The van der Waals surface area contributed by atoms with Crippen molar-refractivity contribution in [3.05, 3.63) is 90.0 Å². The van der Waals surface area contributed by atoms with Gasteiger partial charge in [-0.25, -0.2) is 4.99 Å². The predicted octanol–water partition coefficient (Wildman–Crippen LogP) is 3.49. The Kier molecular flexibility index (Phi) is 7.29. The second kappa shape index (κ2) is 10.7. The van der Waals surface area contributed by atoms with Crippen molar-refractivity contribution in [3.63, 3.8) is 0 Å². The minimum Gasteiger partial charge on any atom is -0.415 e. The van der Waals surface area contributed by atoms with Gasteiger partial charge in [-0.3, -0.25) is 4.79 Å². The van der Waals surface area contributed by atoms with E-state index in [1.807, 2.05) is 59.5 Å². The summed E-state index contributed by atoms with van der Waals surface area (Å²) >= 11 is 0. The predicted molar refractivity (Wildman–Crippen MR) is 133 cm³/mol. The zero-order valence-corrected chi connectivity index (χ0v) is 19.2. The van der Waals surface area contributed by atoms with Crippen LogP contribution in [0.3, 0.4) is 0 Å². The average molecular weight is 457 g/mol. The Morgan fingerprint density at radius 3 is 2.53 bits per heavy atom. The zero-order chi connectivity index (χ0) is 23.9. The van der Waals surface area contributed by atoms with Gasteiger partial charge in [-0.05, 0) is 50.2 Å². The van der Waals surface area contributed by atoms with Crippen LogP contribution >= 0.6 is 0 Å². The molecule has 2 heterocycles. The van der Waals surface area contributed by atoms with Gasteiger partial charge in [-0.15, -0.1) is 10.2 Å². The van der Waals surface area contributed by atoms with Crippen molar-refractivity contribution < 1.29 is 9.21 Å². The summed E-state index contributed by atoms with van der Waals surface area (Å²) in [6, 6.07) is 16.8. The lowest BCUT2D eigenvalue weighted by atomic mass is 10.1. The Morgan fingerprint density at radius 1 is 1.09 bits per heavy atom. The minimum atomic E-state index is 0.0324. The fraction of sp³-hybridized carbons (Fsp3) is 0.231. The number of allylic oxidation sites excluding steroid dienone is 2. The van der Waals surface area contributed by atoms with E-state index in [9.17, 15) is 4.79 Å². The van der Waals surface area contributed by atoms with E-state index < -0.39 is 0 Å². The smallest absolute Gasteiger partial charge is 0.268 e. The maximum absolute atomic E-state index is 12.9. The summed E-state index contributed by atoms with van der Waals surface area (Å²) in [6.07, 6.45) is 2.58. The molecule has 0 aliphatic carbocycles. The van der Waals surface area contributed by atoms with Crippen LogP contribution in [0.5, 0.6) is 0 Å². The Morgan fingerprint density at radius 2 is 1.82 bits per heavy atom. The van der Waals surface area contributed by atoms with Crippen LogP contribution in [0.25, 0.3) is 17.2 Å². The molecule has 4 rings (SSSR count). The van der Waals surface area contributed by atoms with Gasteiger partial charge in [0.15, 0.2) is 0 Å². The number of hydrogen-bond donors (Lipinski definition) is 2. The highest BCUT2D eigenvalue weighted by atomic mass is 16.4. The van der Waals surface area contributed by atoms with Gasteiger partial charge >= 0.3 is 0 Å². The van der Waals surface area contributed by atoms with Gasteiger partial charge < -0.3 is 20.4 Å². The van der Waals surface area contributed by atoms with Crippen molar-refractivity contribution in [2.24, 2.45) is 10.7 Å². The highest BCUT2D eigenvalue weighted by Gasteiger charge is 2.18. The maximum Gasteiger partial charge on any atom is 0.268 e. The van der Waals surface area contributed by atoms with E-state index in [0.29, 0.717) is 35.1 Å². The third kappa shape index (κ3) is 5.29. The van der Waals surface area contributed by atoms with Crippen molar-refractivity contribution in [3.8, 4) is 11.5 Å². The van der Waals surface area contributed by atoms with Crippen LogP contribution in [0.2, 0.25) is 0 Å². The van der Waals surface area contributed by atoms with E-state index in [4.69, 9.17) is 10.2 Å². The molecule has 3 N–H and O–H groups in total. The molecule has 1 aromatic heterocycles. The number of nitrogens with one attached hydrogen (secondary N) is 1. The number of aliphatic imine (C=N–C) groups is 1. The van der Waals surface area contributed by atoms with Crippen molar-refractivity contribution >= 4 is 17.3 Å². The SMILES string of the molecule is C=C/C(=N\C(=C(/C)N)c1nnc(-c2ccccc2)o1)c1ccc(C(=O)N2CCCNCC2)cc1. The van der Waals surface area contributed by atoms with Crippen molar-refractivity contribution in [2.75, 3.05) is 26.2 Å². The summed E-state index contributed by atoms with van der Waals surface area (Å²) in [5, 5.41) is 11.6. The van der Waals surface area contributed by atoms with E-state index in [0.717, 1.165) is 37.2 Å². The lowest BCUT2D eigenvalue weighted by Gasteiger charge is -2.20. The minimum absolute atomic E-state index is 0.0324. The van der Waals surface area contributed by atoms with Crippen LogP contribution in [-0.4, -0.2) is 52.9 Å². The molecule has 174 valence electrons. The second-order valence-electron chi connectivity index (χ2n) is 7.98. The van der Waals surface area contributed by atoms with Crippen molar-refractivity contribution in [1.82, 2.24) is 20.4 Å². The topological polar surface area (TPSA) is 110 Å². The van der Waals surface area contributed by atoms with E-state index in [1.54, 1.807) is 13.0 Å². The Balaban J connectivity index is 1.58. The molecule has 0 radical (unpaired) electrons. The summed E-state index contributed by atoms with van der Waals surface area (Å²) in [6.45, 7) is 8.83. The Bertz CT molecular complexity index is 1200. The number of nitrogens with two attached hydrogens (primary N) is 1. The molecule has 2 aromatic carbocycles. The molecule has 1 fully saturated rings. The molecule has 1 amide bonds. The quantitative estimate of drug-likeness (QED) is 0.550. The number of benzene rings is 2. The Hall–Kier alpha value is -4.04. The van der Waals surface area contributed by atoms with Crippen LogP contribution in [0.4, 0.5) is 0 Å². The number of nitrogens with zero attached hydrogens (tertiary/aromatic N) is 4. The normalized spacial score (nSPS) is 15.4. The summed E-state index contributed by atoms with van der Waals surface area (Å²) in [5.74, 6) is 0.640. The summed E-state index contributed by atoms with van der Waals surface area (Å²) < 4.78 is 5.85. The van der Waals surface area contributed by atoms with E-state index in [1.165, 1.54) is 0 Å². The Labute approximate surface area is 198 Å². The lowest BCUT2D eigenvalue weighted by Crippen LogP contribution is -2.34. The molecule has 1 saturated heterocycles.